The molecule has 0 spiro atoms. The molecule has 2 amide bonds. The number of benzene rings is 1. The maximum absolute atomic E-state index is 15.0. The van der Waals surface area contributed by atoms with Crippen LogP contribution in [0.15, 0.2) is 66.8 Å². The van der Waals surface area contributed by atoms with Crippen molar-refractivity contribution in [1.82, 2.24) is 5.32 Å². The largest absolute Gasteiger partial charge is 0.442 e. The standard InChI is InChI=1S/C27H26ClFN2O4S/c1-2-5-18-6-3-4-7-19(25(18)32)10-8-17-9-11-22(21(29)14-17)31-16-20(35-27(31)34)15-30-26(33)23-12-13-24(28)36-23/h2-4,6,9,11-14,19-20H,1,5,7-8,10,15-16H2,(H,30,33)/t19?,20-/m0/s1. The van der Waals surface area contributed by atoms with Crippen LogP contribution in [0.25, 0.3) is 0 Å². The van der Waals surface area contributed by atoms with Gasteiger partial charge in [-0.2, -0.15) is 0 Å². The molecule has 0 radical (unpaired) electrons. The first-order valence-corrected chi connectivity index (χ1v) is 12.9. The van der Waals surface area contributed by atoms with Crippen LogP contribution in [0.4, 0.5) is 14.9 Å². The number of nitrogens with one attached hydrogen (secondary N) is 1. The van der Waals surface area contributed by atoms with E-state index in [1.54, 1.807) is 30.3 Å². The summed E-state index contributed by atoms with van der Waals surface area (Å²) < 4.78 is 20.8. The van der Waals surface area contributed by atoms with Gasteiger partial charge in [0.2, 0.25) is 0 Å². The number of hydrogen-bond donors (Lipinski definition) is 1. The zero-order valence-corrected chi connectivity index (χ0v) is 21.1. The van der Waals surface area contributed by atoms with Gasteiger partial charge in [0.25, 0.3) is 5.91 Å². The Labute approximate surface area is 218 Å². The summed E-state index contributed by atoms with van der Waals surface area (Å²) in [5.41, 5.74) is 1.60. The average Bonchev–Trinajstić information content (AvgIpc) is 3.41. The Hall–Kier alpha value is -3.23. The predicted molar refractivity (Wildman–Crippen MR) is 139 cm³/mol. The first kappa shape index (κ1) is 25.9. The van der Waals surface area contributed by atoms with E-state index in [0.717, 1.165) is 22.5 Å². The van der Waals surface area contributed by atoms with E-state index in [1.807, 2.05) is 18.2 Å². The van der Waals surface area contributed by atoms with Gasteiger partial charge in [-0.05, 0) is 61.1 Å². The summed E-state index contributed by atoms with van der Waals surface area (Å²) >= 11 is 7.01. The minimum atomic E-state index is -0.669. The summed E-state index contributed by atoms with van der Waals surface area (Å²) in [7, 11) is 0. The number of allylic oxidation sites excluding steroid dienone is 5. The van der Waals surface area contributed by atoms with Gasteiger partial charge in [0.05, 0.1) is 28.0 Å². The summed E-state index contributed by atoms with van der Waals surface area (Å²) in [6, 6.07) is 7.96. The van der Waals surface area contributed by atoms with E-state index in [9.17, 15) is 18.8 Å². The number of carbonyl (C=O) groups excluding carboxylic acids is 3. The smallest absolute Gasteiger partial charge is 0.414 e. The van der Waals surface area contributed by atoms with Crippen LogP contribution >= 0.6 is 22.9 Å². The second kappa shape index (κ2) is 11.7. The molecule has 36 heavy (non-hydrogen) atoms. The molecule has 0 saturated carbocycles. The van der Waals surface area contributed by atoms with Gasteiger partial charge in [0, 0.05) is 5.92 Å². The quantitative estimate of drug-likeness (QED) is 0.413. The molecule has 2 heterocycles. The number of cyclic esters (lactones) is 1. The van der Waals surface area contributed by atoms with E-state index in [-0.39, 0.29) is 36.4 Å². The molecule has 1 unspecified atom stereocenters. The number of Topliss-reactive ketones (excluding diaryl/α,β-unsaturated/α-hetero) is 1. The van der Waals surface area contributed by atoms with Crippen molar-refractivity contribution in [3.05, 3.63) is 87.4 Å². The minimum absolute atomic E-state index is 0.0996. The Morgan fingerprint density at radius 1 is 1.31 bits per heavy atom. The Kier molecular flexibility index (Phi) is 8.38. The van der Waals surface area contributed by atoms with Gasteiger partial charge in [0.15, 0.2) is 5.78 Å². The highest BCUT2D eigenvalue weighted by atomic mass is 35.5. The molecule has 188 valence electrons. The van der Waals surface area contributed by atoms with Crippen LogP contribution in [0, 0.1) is 11.7 Å². The first-order chi connectivity index (χ1) is 17.4. The summed E-state index contributed by atoms with van der Waals surface area (Å²) in [6.07, 6.45) is 8.47. The van der Waals surface area contributed by atoms with Crippen molar-refractivity contribution >= 4 is 46.4 Å². The molecule has 2 atom stereocenters. The third-order valence-electron chi connectivity index (χ3n) is 6.15. The molecule has 1 aliphatic carbocycles. The van der Waals surface area contributed by atoms with Crippen LogP contribution in [-0.4, -0.2) is 37.0 Å². The summed E-state index contributed by atoms with van der Waals surface area (Å²) in [6.45, 7) is 3.92. The zero-order chi connectivity index (χ0) is 25.7. The first-order valence-electron chi connectivity index (χ1n) is 11.7. The molecule has 1 aromatic carbocycles. The number of halogens is 2. The van der Waals surface area contributed by atoms with Gasteiger partial charge < -0.3 is 10.1 Å². The molecule has 9 heteroatoms. The molecule has 2 aliphatic rings. The summed E-state index contributed by atoms with van der Waals surface area (Å²) in [4.78, 5) is 39.0. The fourth-order valence-electron chi connectivity index (χ4n) is 4.27. The number of carbonyl (C=O) groups is 3. The van der Waals surface area contributed by atoms with E-state index in [1.165, 1.54) is 11.0 Å². The fraction of sp³-hybridized carbons (Fsp3) is 0.296. The lowest BCUT2D eigenvalue weighted by Crippen LogP contribution is -2.34. The molecule has 1 aromatic heterocycles. The molecular weight excluding hydrogens is 503 g/mol. The molecule has 1 N–H and O–H groups in total. The number of amides is 2. The van der Waals surface area contributed by atoms with Crippen LogP contribution in [0.1, 0.15) is 34.5 Å². The van der Waals surface area contributed by atoms with E-state index in [4.69, 9.17) is 16.3 Å². The van der Waals surface area contributed by atoms with Crippen LogP contribution in [0.2, 0.25) is 4.34 Å². The highest BCUT2D eigenvalue weighted by Crippen LogP contribution is 2.28. The fourth-order valence-corrected chi connectivity index (χ4v) is 5.23. The monoisotopic (exact) mass is 528 g/mol. The van der Waals surface area contributed by atoms with Crippen molar-refractivity contribution in [3.63, 3.8) is 0 Å². The number of aryl methyl sites for hydroxylation is 1. The Bertz CT molecular complexity index is 1240. The topological polar surface area (TPSA) is 75.7 Å². The van der Waals surface area contributed by atoms with Crippen LogP contribution < -0.4 is 10.2 Å². The van der Waals surface area contributed by atoms with Crippen molar-refractivity contribution in [3.8, 4) is 0 Å². The van der Waals surface area contributed by atoms with Gasteiger partial charge in [-0.1, -0.05) is 42.0 Å². The van der Waals surface area contributed by atoms with Gasteiger partial charge in [-0.25, -0.2) is 9.18 Å². The van der Waals surface area contributed by atoms with Crippen molar-refractivity contribution in [2.24, 2.45) is 5.92 Å². The second-order valence-corrected chi connectivity index (χ2v) is 10.4. The maximum atomic E-state index is 15.0. The Morgan fingerprint density at radius 3 is 2.86 bits per heavy atom. The van der Waals surface area contributed by atoms with Crippen molar-refractivity contribution in [2.75, 3.05) is 18.0 Å². The average molecular weight is 529 g/mol. The van der Waals surface area contributed by atoms with Crippen LogP contribution in [0.5, 0.6) is 0 Å². The number of hydrogen-bond acceptors (Lipinski definition) is 5. The predicted octanol–water partition coefficient (Wildman–Crippen LogP) is 5.88. The third-order valence-corrected chi connectivity index (χ3v) is 7.38. The van der Waals surface area contributed by atoms with Crippen molar-refractivity contribution in [1.29, 1.82) is 0 Å². The Morgan fingerprint density at radius 2 is 2.14 bits per heavy atom. The van der Waals surface area contributed by atoms with Crippen LogP contribution in [-0.2, 0) is 16.0 Å². The van der Waals surface area contributed by atoms with Crippen molar-refractivity contribution < 1.29 is 23.5 Å². The molecule has 6 nitrogen and oxygen atoms in total. The van der Waals surface area contributed by atoms with E-state index in [0.29, 0.717) is 34.9 Å². The molecule has 4 rings (SSSR count). The third kappa shape index (κ3) is 6.12. The second-order valence-electron chi connectivity index (χ2n) is 8.66. The number of nitrogens with zero attached hydrogens (tertiary/aromatic N) is 1. The van der Waals surface area contributed by atoms with E-state index < -0.39 is 18.0 Å². The van der Waals surface area contributed by atoms with E-state index in [2.05, 4.69) is 11.9 Å². The lowest BCUT2D eigenvalue weighted by Gasteiger charge is -2.16. The molecule has 0 bridgehead atoms. The number of anilines is 1. The normalized spacial score (nSPS) is 19.6. The van der Waals surface area contributed by atoms with Crippen LogP contribution in [0.3, 0.4) is 0 Å². The molecular formula is C27H26ClFN2O4S. The number of ketones is 1. The van der Waals surface area contributed by atoms with Gasteiger partial charge in [-0.3, -0.25) is 14.5 Å². The zero-order valence-electron chi connectivity index (χ0n) is 19.5. The number of ether oxygens (including phenoxy) is 1. The van der Waals surface area contributed by atoms with Crippen molar-refractivity contribution in [2.45, 2.75) is 31.8 Å². The Balaban J connectivity index is 1.33. The molecule has 1 saturated heterocycles. The summed E-state index contributed by atoms with van der Waals surface area (Å²) in [5, 5.41) is 2.71. The van der Waals surface area contributed by atoms with Gasteiger partial charge in [0.1, 0.15) is 11.9 Å². The molecule has 1 fully saturated rings. The highest BCUT2D eigenvalue weighted by molar-refractivity contribution is 7.18. The molecule has 1 aliphatic heterocycles. The number of rotatable bonds is 9. The minimum Gasteiger partial charge on any atom is -0.442 e. The number of thiophene rings is 1. The highest BCUT2D eigenvalue weighted by Gasteiger charge is 2.34. The van der Waals surface area contributed by atoms with E-state index >= 15 is 0 Å². The maximum Gasteiger partial charge on any atom is 0.414 e. The summed E-state index contributed by atoms with van der Waals surface area (Å²) in [5.74, 6) is -0.905. The lowest BCUT2D eigenvalue weighted by atomic mass is 9.89. The lowest BCUT2D eigenvalue weighted by molar-refractivity contribution is -0.119. The SMILES string of the molecule is C=CCC1=CC=CCC(CCc2ccc(N3C[C@H](CNC(=O)c4ccc(Cl)s4)OC3=O)c(F)c2)C1=O. The van der Waals surface area contributed by atoms with Gasteiger partial charge >= 0.3 is 6.09 Å². The van der Waals surface area contributed by atoms with Gasteiger partial charge in [-0.15, -0.1) is 17.9 Å². The molecule has 2 aromatic rings.